The lowest BCUT2D eigenvalue weighted by atomic mass is 10.1. The van der Waals surface area contributed by atoms with Gasteiger partial charge in [-0.25, -0.2) is 14.4 Å². The summed E-state index contributed by atoms with van der Waals surface area (Å²) in [5.41, 5.74) is 4.87. The van der Waals surface area contributed by atoms with E-state index < -0.39 is 5.82 Å². The standard InChI is InChI=1S/C22H18ClFN4/c1-14-3-2-4-15(9-14)12-25-16-6-8-21-18(10-16)22(27-13-26-21)28-17-5-7-20(24)19(23)11-17/h2-11,13,25H,12H2,1H3,(H,26,27,28). The Kier molecular flexibility index (Phi) is 5.08. The molecule has 0 radical (unpaired) electrons. The number of aromatic nitrogens is 2. The van der Waals surface area contributed by atoms with E-state index >= 15 is 0 Å². The molecule has 1 heterocycles. The third-order valence-electron chi connectivity index (χ3n) is 4.40. The van der Waals surface area contributed by atoms with Crippen LogP contribution in [0.3, 0.4) is 0 Å². The third-order valence-corrected chi connectivity index (χ3v) is 4.69. The van der Waals surface area contributed by atoms with Crippen molar-refractivity contribution in [2.45, 2.75) is 13.5 Å². The van der Waals surface area contributed by atoms with Gasteiger partial charge in [-0.1, -0.05) is 41.4 Å². The summed E-state index contributed by atoms with van der Waals surface area (Å²) in [7, 11) is 0. The summed E-state index contributed by atoms with van der Waals surface area (Å²) in [6.45, 7) is 2.80. The minimum atomic E-state index is -0.456. The highest BCUT2D eigenvalue weighted by Gasteiger charge is 2.07. The normalized spacial score (nSPS) is 10.8. The first-order valence-electron chi connectivity index (χ1n) is 8.85. The molecule has 0 unspecified atom stereocenters. The van der Waals surface area contributed by atoms with Crippen molar-refractivity contribution >= 4 is 39.7 Å². The number of halogens is 2. The van der Waals surface area contributed by atoms with Crippen molar-refractivity contribution < 1.29 is 4.39 Å². The van der Waals surface area contributed by atoms with E-state index in [-0.39, 0.29) is 5.02 Å². The summed E-state index contributed by atoms with van der Waals surface area (Å²) in [4.78, 5) is 8.66. The molecule has 4 rings (SSSR count). The number of rotatable bonds is 5. The van der Waals surface area contributed by atoms with Gasteiger partial charge in [-0.15, -0.1) is 0 Å². The van der Waals surface area contributed by atoms with Crippen LogP contribution in [0.5, 0.6) is 0 Å². The topological polar surface area (TPSA) is 49.8 Å². The van der Waals surface area contributed by atoms with Gasteiger partial charge >= 0.3 is 0 Å². The van der Waals surface area contributed by atoms with E-state index in [1.165, 1.54) is 29.6 Å². The first-order chi connectivity index (χ1) is 13.6. The van der Waals surface area contributed by atoms with E-state index in [1.54, 1.807) is 6.07 Å². The molecule has 0 saturated carbocycles. The van der Waals surface area contributed by atoms with Crippen LogP contribution >= 0.6 is 11.6 Å². The molecule has 0 fully saturated rings. The average Bonchev–Trinajstić information content (AvgIpc) is 2.69. The van der Waals surface area contributed by atoms with Gasteiger partial charge < -0.3 is 10.6 Å². The van der Waals surface area contributed by atoms with Crippen LogP contribution in [0.4, 0.5) is 21.6 Å². The minimum Gasteiger partial charge on any atom is -0.381 e. The Balaban J connectivity index is 1.60. The number of benzene rings is 3. The average molecular weight is 393 g/mol. The number of fused-ring (bicyclic) bond motifs is 1. The Hall–Kier alpha value is -3.18. The van der Waals surface area contributed by atoms with Crippen molar-refractivity contribution in [3.05, 3.63) is 89.0 Å². The second-order valence-electron chi connectivity index (χ2n) is 6.55. The zero-order valence-electron chi connectivity index (χ0n) is 15.2. The molecule has 2 N–H and O–H groups in total. The smallest absolute Gasteiger partial charge is 0.141 e. The lowest BCUT2D eigenvalue weighted by Crippen LogP contribution is -2.01. The van der Waals surface area contributed by atoms with Crippen molar-refractivity contribution in [1.29, 1.82) is 0 Å². The SMILES string of the molecule is Cc1cccc(CNc2ccc3ncnc(Nc4ccc(F)c(Cl)c4)c3c2)c1. The Bertz CT molecular complexity index is 1150. The molecular weight excluding hydrogens is 375 g/mol. The zero-order valence-corrected chi connectivity index (χ0v) is 16.0. The van der Waals surface area contributed by atoms with Gasteiger partial charge in [-0.05, 0) is 48.9 Å². The van der Waals surface area contributed by atoms with Crippen molar-refractivity contribution in [3.8, 4) is 0 Å². The predicted octanol–water partition coefficient (Wildman–Crippen LogP) is 6.09. The largest absolute Gasteiger partial charge is 0.381 e. The molecule has 1 aromatic heterocycles. The van der Waals surface area contributed by atoms with Gasteiger partial charge in [-0.2, -0.15) is 0 Å². The second kappa shape index (κ2) is 7.82. The van der Waals surface area contributed by atoms with Crippen LogP contribution in [0, 0.1) is 12.7 Å². The molecule has 28 heavy (non-hydrogen) atoms. The number of nitrogens with zero attached hydrogens (tertiary/aromatic N) is 2. The quantitative estimate of drug-likeness (QED) is 0.431. The number of hydrogen-bond donors (Lipinski definition) is 2. The van der Waals surface area contributed by atoms with Crippen LogP contribution in [-0.4, -0.2) is 9.97 Å². The zero-order chi connectivity index (χ0) is 19.5. The summed E-state index contributed by atoms with van der Waals surface area (Å²) < 4.78 is 13.4. The molecule has 0 aliphatic heterocycles. The molecule has 6 heteroatoms. The van der Waals surface area contributed by atoms with Crippen LogP contribution in [0.2, 0.25) is 5.02 Å². The lowest BCUT2D eigenvalue weighted by Gasteiger charge is -2.11. The monoisotopic (exact) mass is 392 g/mol. The Labute approximate surface area is 167 Å². The van der Waals surface area contributed by atoms with E-state index in [9.17, 15) is 4.39 Å². The van der Waals surface area contributed by atoms with Crippen molar-refractivity contribution in [2.24, 2.45) is 0 Å². The molecular formula is C22H18ClFN4. The van der Waals surface area contributed by atoms with Gasteiger partial charge in [-0.3, -0.25) is 0 Å². The van der Waals surface area contributed by atoms with E-state index in [1.807, 2.05) is 18.2 Å². The molecule has 0 aliphatic carbocycles. The van der Waals surface area contributed by atoms with Crippen LogP contribution in [0.1, 0.15) is 11.1 Å². The van der Waals surface area contributed by atoms with Gasteiger partial charge in [0.05, 0.1) is 10.5 Å². The maximum atomic E-state index is 13.4. The molecule has 0 bridgehead atoms. The van der Waals surface area contributed by atoms with Gasteiger partial charge in [0.15, 0.2) is 0 Å². The van der Waals surface area contributed by atoms with E-state index in [2.05, 4.69) is 51.8 Å². The van der Waals surface area contributed by atoms with Crippen LogP contribution in [-0.2, 0) is 6.54 Å². The van der Waals surface area contributed by atoms with Crippen LogP contribution in [0.25, 0.3) is 10.9 Å². The summed E-state index contributed by atoms with van der Waals surface area (Å²) in [6, 6.07) is 18.8. The fraction of sp³-hybridized carbons (Fsp3) is 0.0909. The molecule has 3 aromatic carbocycles. The van der Waals surface area contributed by atoms with Crippen molar-refractivity contribution in [1.82, 2.24) is 9.97 Å². The lowest BCUT2D eigenvalue weighted by molar-refractivity contribution is 0.628. The molecule has 140 valence electrons. The predicted molar refractivity (Wildman–Crippen MR) is 113 cm³/mol. The molecule has 0 amide bonds. The van der Waals surface area contributed by atoms with Crippen molar-refractivity contribution in [2.75, 3.05) is 10.6 Å². The van der Waals surface area contributed by atoms with Gasteiger partial charge in [0, 0.05) is 23.3 Å². The molecule has 0 aliphatic rings. The first kappa shape index (κ1) is 18.2. The second-order valence-corrected chi connectivity index (χ2v) is 6.96. The summed E-state index contributed by atoms with van der Waals surface area (Å²) in [5.74, 6) is 0.175. The number of nitrogens with one attached hydrogen (secondary N) is 2. The van der Waals surface area contributed by atoms with Crippen LogP contribution in [0.15, 0.2) is 67.0 Å². The molecule has 0 spiro atoms. The molecule has 0 atom stereocenters. The Morgan fingerprint density at radius 2 is 1.82 bits per heavy atom. The van der Waals surface area contributed by atoms with E-state index in [0.717, 1.165) is 23.1 Å². The highest BCUT2D eigenvalue weighted by molar-refractivity contribution is 6.31. The number of anilines is 3. The molecule has 4 aromatic rings. The highest BCUT2D eigenvalue weighted by atomic mass is 35.5. The minimum absolute atomic E-state index is 0.0591. The number of hydrogen-bond acceptors (Lipinski definition) is 4. The molecule has 4 nitrogen and oxygen atoms in total. The van der Waals surface area contributed by atoms with Gasteiger partial charge in [0.2, 0.25) is 0 Å². The summed E-state index contributed by atoms with van der Waals surface area (Å²) >= 11 is 5.88. The van der Waals surface area contributed by atoms with Crippen LogP contribution < -0.4 is 10.6 Å². The fourth-order valence-electron chi connectivity index (χ4n) is 3.00. The first-order valence-corrected chi connectivity index (χ1v) is 9.22. The van der Waals surface area contributed by atoms with Crippen molar-refractivity contribution in [3.63, 3.8) is 0 Å². The Morgan fingerprint density at radius 1 is 0.964 bits per heavy atom. The van der Waals surface area contributed by atoms with Gasteiger partial charge in [0.1, 0.15) is 18.0 Å². The third kappa shape index (κ3) is 4.05. The summed E-state index contributed by atoms with van der Waals surface area (Å²) in [6.07, 6.45) is 1.50. The van der Waals surface area contributed by atoms with E-state index in [0.29, 0.717) is 11.5 Å². The fourth-order valence-corrected chi connectivity index (χ4v) is 3.18. The number of aryl methyl sites for hydroxylation is 1. The molecule has 0 saturated heterocycles. The maximum Gasteiger partial charge on any atom is 0.141 e. The Morgan fingerprint density at radius 3 is 2.64 bits per heavy atom. The van der Waals surface area contributed by atoms with Gasteiger partial charge in [0.25, 0.3) is 0 Å². The maximum absolute atomic E-state index is 13.4. The summed E-state index contributed by atoms with van der Waals surface area (Å²) in [5, 5.41) is 7.55. The van der Waals surface area contributed by atoms with E-state index in [4.69, 9.17) is 11.6 Å². The highest BCUT2D eigenvalue weighted by Crippen LogP contribution is 2.27.